The van der Waals surface area contributed by atoms with E-state index < -0.39 is 11.5 Å². The normalized spacial score (nSPS) is 10.9. The average molecular weight is 295 g/mol. The lowest BCUT2D eigenvalue weighted by Gasteiger charge is -2.26. The maximum absolute atomic E-state index is 12.4. The van der Waals surface area contributed by atoms with Crippen molar-refractivity contribution in [2.24, 2.45) is 0 Å². The first-order valence-electron chi connectivity index (χ1n) is 6.56. The van der Waals surface area contributed by atoms with Crippen molar-refractivity contribution in [2.45, 2.75) is 32.2 Å². The van der Waals surface area contributed by atoms with Gasteiger partial charge in [-0.15, -0.1) is 0 Å². The molecule has 0 radical (unpaired) electrons. The van der Waals surface area contributed by atoms with Crippen LogP contribution in [0.4, 0.5) is 0 Å². The van der Waals surface area contributed by atoms with Crippen molar-refractivity contribution in [1.82, 2.24) is 5.32 Å². The van der Waals surface area contributed by atoms with Gasteiger partial charge in [-0.05, 0) is 32.4 Å². The fraction of sp³-hybridized carbons (Fsp3) is 0.467. The molecule has 0 heterocycles. The average Bonchev–Trinajstić information content (AvgIpc) is 2.43. The number of carbonyl (C=O) groups is 2. The molecule has 0 atom stereocenters. The molecule has 0 aliphatic heterocycles. The highest BCUT2D eigenvalue weighted by Crippen LogP contribution is 2.31. The highest BCUT2D eigenvalue weighted by Gasteiger charge is 2.24. The van der Waals surface area contributed by atoms with E-state index in [1.54, 1.807) is 32.0 Å². The van der Waals surface area contributed by atoms with Crippen molar-refractivity contribution in [1.29, 1.82) is 0 Å². The summed E-state index contributed by atoms with van der Waals surface area (Å²) in [6.07, 6.45) is 0.322. The SMILES string of the molecule is COc1cccc(C(=O)NC(C)(C)CCC(=O)O)c1OC. The minimum atomic E-state index is -0.892. The molecule has 2 N–H and O–H groups in total. The van der Waals surface area contributed by atoms with Gasteiger partial charge in [-0.1, -0.05) is 6.07 Å². The summed E-state index contributed by atoms with van der Waals surface area (Å²) in [5.41, 5.74) is -0.288. The molecular weight excluding hydrogens is 274 g/mol. The first kappa shape index (κ1) is 16.8. The van der Waals surface area contributed by atoms with Gasteiger partial charge < -0.3 is 19.9 Å². The molecule has 0 aromatic heterocycles. The molecule has 1 aromatic carbocycles. The van der Waals surface area contributed by atoms with Crippen LogP contribution in [0.5, 0.6) is 11.5 Å². The zero-order valence-corrected chi connectivity index (χ0v) is 12.7. The highest BCUT2D eigenvalue weighted by molar-refractivity contribution is 5.98. The van der Waals surface area contributed by atoms with Gasteiger partial charge in [0.1, 0.15) is 0 Å². The number of nitrogens with one attached hydrogen (secondary N) is 1. The van der Waals surface area contributed by atoms with Crippen LogP contribution in [0.1, 0.15) is 37.0 Å². The lowest BCUT2D eigenvalue weighted by atomic mass is 9.97. The molecule has 1 amide bonds. The second-order valence-corrected chi connectivity index (χ2v) is 5.27. The topological polar surface area (TPSA) is 84.9 Å². The van der Waals surface area contributed by atoms with E-state index in [9.17, 15) is 9.59 Å². The van der Waals surface area contributed by atoms with E-state index in [1.165, 1.54) is 14.2 Å². The van der Waals surface area contributed by atoms with E-state index in [4.69, 9.17) is 14.6 Å². The smallest absolute Gasteiger partial charge is 0.303 e. The van der Waals surface area contributed by atoms with Crippen molar-refractivity contribution in [3.8, 4) is 11.5 Å². The lowest BCUT2D eigenvalue weighted by molar-refractivity contribution is -0.137. The third-order valence-corrected chi connectivity index (χ3v) is 3.06. The Hall–Kier alpha value is -2.24. The molecule has 0 aliphatic rings. The monoisotopic (exact) mass is 295 g/mol. The number of ether oxygens (including phenoxy) is 2. The van der Waals surface area contributed by atoms with E-state index in [0.29, 0.717) is 23.5 Å². The molecule has 0 bridgehead atoms. The van der Waals surface area contributed by atoms with Crippen molar-refractivity contribution in [3.05, 3.63) is 23.8 Å². The molecule has 1 aromatic rings. The van der Waals surface area contributed by atoms with Gasteiger partial charge in [0, 0.05) is 12.0 Å². The maximum atomic E-state index is 12.4. The number of amides is 1. The van der Waals surface area contributed by atoms with Gasteiger partial charge in [-0.25, -0.2) is 0 Å². The van der Waals surface area contributed by atoms with Crippen molar-refractivity contribution in [3.63, 3.8) is 0 Å². The summed E-state index contributed by atoms with van der Waals surface area (Å²) >= 11 is 0. The number of carboxylic acid groups (broad SMARTS) is 1. The van der Waals surface area contributed by atoms with Crippen LogP contribution in [0.2, 0.25) is 0 Å². The number of methoxy groups -OCH3 is 2. The molecule has 6 heteroatoms. The van der Waals surface area contributed by atoms with Gasteiger partial charge in [0.15, 0.2) is 11.5 Å². The van der Waals surface area contributed by atoms with E-state index in [1.807, 2.05) is 0 Å². The van der Waals surface area contributed by atoms with Gasteiger partial charge >= 0.3 is 5.97 Å². The number of carboxylic acids is 1. The highest BCUT2D eigenvalue weighted by atomic mass is 16.5. The molecule has 0 saturated heterocycles. The third-order valence-electron chi connectivity index (χ3n) is 3.06. The van der Waals surface area contributed by atoms with Crippen LogP contribution in [-0.2, 0) is 4.79 Å². The van der Waals surface area contributed by atoms with Crippen molar-refractivity contribution < 1.29 is 24.2 Å². The fourth-order valence-corrected chi connectivity index (χ4v) is 1.92. The van der Waals surface area contributed by atoms with Crippen LogP contribution in [0.3, 0.4) is 0 Å². The Balaban J connectivity index is 2.91. The molecule has 0 saturated carbocycles. The summed E-state index contributed by atoms with van der Waals surface area (Å²) in [4.78, 5) is 23.0. The van der Waals surface area contributed by atoms with Crippen LogP contribution in [0.15, 0.2) is 18.2 Å². The number of rotatable bonds is 7. The number of carbonyl (C=O) groups excluding carboxylic acids is 1. The number of hydrogen-bond acceptors (Lipinski definition) is 4. The van der Waals surface area contributed by atoms with Crippen LogP contribution < -0.4 is 14.8 Å². The summed E-state index contributed by atoms with van der Waals surface area (Å²) < 4.78 is 10.4. The first-order valence-corrected chi connectivity index (χ1v) is 6.56. The Bertz CT molecular complexity index is 525. The van der Waals surface area contributed by atoms with Gasteiger partial charge in [0.2, 0.25) is 0 Å². The largest absolute Gasteiger partial charge is 0.493 e. The van der Waals surface area contributed by atoms with Gasteiger partial charge in [-0.2, -0.15) is 0 Å². The third kappa shape index (κ3) is 4.66. The number of benzene rings is 1. The summed E-state index contributed by atoms with van der Waals surface area (Å²) in [5.74, 6) is -0.405. The molecule has 0 aliphatic carbocycles. The van der Waals surface area contributed by atoms with Gasteiger partial charge in [0.25, 0.3) is 5.91 Å². The maximum Gasteiger partial charge on any atom is 0.303 e. The first-order chi connectivity index (χ1) is 9.80. The van der Waals surface area contributed by atoms with Crippen LogP contribution >= 0.6 is 0 Å². The summed E-state index contributed by atoms with van der Waals surface area (Å²) in [7, 11) is 2.96. The Morgan fingerprint density at radius 1 is 1.24 bits per heavy atom. The van der Waals surface area contributed by atoms with E-state index in [2.05, 4.69) is 5.32 Å². The predicted molar refractivity (Wildman–Crippen MR) is 78.0 cm³/mol. The Morgan fingerprint density at radius 2 is 1.90 bits per heavy atom. The molecule has 0 unspecified atom stereocenters. The Morgan fingerprint density at radius 3 is 2.43 bits per heavy atom. The number of para-hydroxylation sites is 1. The molecule has 1 rings (SSSR count). The fourth-order valence-electron chi connectivity index (χ4n) is 1.92. The van der Waals surface area contributed by atoms with Crippen LogP contribution in [0.25, 0.3) is 0 Å². The molecule has 0 fully saturated rings. The minimum absolute atomic E-state index is 0.0114. The van der Waals surface area contributed by atoms with E-state index >= 15 is 0 Å². The quantitative estimate of drug-likeness (QED) is 0.804. The number of aliphatic carboxylic acids is 1. The molecular formula is C15H21NO5. The van der Waals surface area contributed by atoms with Crippen molar-refractivity contribution in [2.75, 3.05) is 14.2 Å². The van der Waals surface area contributed by atoms with E-state index in [-0.39, 0.29) is 12.3 Å². The van der Waals surface area contributed by atoms with E-state index in [0.717, 1.165) is 0 Å². The standard InChI is InChI=1S/C15H21NO5/c1-15(2,9-8-12(17)18)16-14(19)10-6-5-7-11(20-3)13(10)21-4/h5-7H,8-9H2,1-4H3,(H,16,19)(H,17,18). The minimum Gasteiger partial charge on any atom is -0.493 e. The molecule has 0 spiro atoms. The molecule has 116 valence electrons. The molecule has 6 nitrogen and oxygen atoms in total. The summed E-state index contributed by atoms with van der Waals surface area (Å²) in [5, 5.41) is 11.5. The zero-order valence-electron chi connectivity index (χ0n) is 12.7. The van der Waals surface area contributed by atoms with Crippen LogP contribution in [0, 0.1) is 0 Å². The second-order valence-electron chi connectivity index (χ2n) is 5.27. The summed E-state index contributed by atoms with van der Waals surface area (Å²) in [6, 6.07) is 5.02. The second kappa shape index (κ2) is 6.97. The lowest BCUT2D eigenvalue weighted by Crippen LogP contribution is -2.43. The Kier molecular flexibility index (Phi) is 5.58. The zero-order chi connectivity index (χ0) is 16.0. The van der Waals surface area contributed by atoms with Gasteiger partial charge in [0.05, 0.1) is 19.8 Å². The van der Waals surface area contributed by atoms with Crippen LogP contribution in [-0.4, -0.2) is 36.7 Å². The van der Waals surface area contributed by atoms with Gasteiger partial charge in [-0.3, -0.25) is 9.59 Å². The van der Waals surface area contributed by atoms with Crippen molar-refractivity contribution >= 4 is 11.9 Å². The number of hydrogen-bond donors (Lipinski definition) is 2. The Labute approximate surface area is 124 Å². The summed E-state index contributed by atoms with van der Waals surface area (Å²) in [6.45, 7) is 3.56. The predicted octanol–water partition coefficient (Wildman–Crippen LogP) is 2.08. The molecule has 21 heavy (non-hydrogen) atoms.